The van der Waals surface area contributed by atoms with Crippen LogP contribution in [0.4, 0.5) is 0 Å². The Bertz CT molecular complexity index is 588. The zero-order valence-corrected chi connectivity index (χ0v) is 14.3. The second-order valence-electron chi connectivity index (χ2n) is 6.50. The number of rotatable bonds is 5. The van der Waals surface area contributed by atoms with Crippen molar-refractivity contribution in [1.29, 1.82) is 0 Å². The Kier molecular flexibility index (Phi) is 5.19. The number of nitrogens with zero attached hydrogens (tertiary/aromatic N) is 1. The van der Waals surface area contributed by atoms with Crippen LogP contribution in [0.1, 0.15) is 44.7 Å². The molecule has 0 spiro atoms. The summed E-state index contributed by atoms with van der Waals surface area (Å²) in [7, 11) is 0. The number of carbonyl (C=O) groups is 2. The summed E-state index contributed by atoms with van der Waals surface area (Å²) in [6, 6.07) is 9.99. The van der Waals surface area contributed by atoms with E-state index in [-0.39, 0.29) is 36.0 Å². The highest BCUT2D eigenvalue weighted by Gasteiger charge is 2.49. The third kappa shape index (κ3) is 3.18. The van der Waals surface area contributed by atoms with Gasteiger partial charge in [0.15, 0.2) is 0 Å². The molecule has 2 aliphatic rings. The number of fused-ring (bicyclic) bond motifs is 1. The summed E-state index contributed by atoms with van der Waals surface area (Å²) >= 11 is 0. The number of esters is 1. The van der Waals surface area contributed by atoms with E-state index in [0.29, 0.717) is 26.1 Å². The predicted molar refractivity (Wildman–Crippen MR) is 88.9 cm³/mol. The average molecular weight is 331 g/mol. The van der Waals surface area contributed by atoms with E-state index in [1.807, 2.05) is 35.2 Å². The van der Waals surface area contributed by atoms with Gasteiger partial charge in [-0.15, -0.1) is 0 Å². The molecule has 2 fully saturated rings. The molecule has 130 valence electrons. The molecule has 0 radical (unpaired) electrons. The van der Waals surface area contributed by atoms with E-state index in [2.05, 4.69) is 6.92 Å². The van der Waals surface area contributed by atoms with Gasteiger partial charge in [-0.25, -0.2) is 0 Å². The Morgan fingerprint density at radius 3 is 2.71 bits per heavy atom. The van der Waals surface area contributed by atoms with Crippen molar-refractivity contribution >= 4 is 11.9 Å². The van der Waals surface area contributed by atoms with Crippen molar-refractivity contribution in [2.75, 3.05) is 13.2 Å². The van der Waals surface area contributed by atoms with Crippen LogP contribution in [0.15, 0.2) is 30.3 Å². The van der Waals surface area contributed by atoms with E-state index in [9.17, 15) is 9.59 Å². The first kappa shape index (κ1) is 17.0. The Morgan fingerprint density at radius 2 is 2.04 bits per heavy atom. The van der Waals surface area contributed by atoms with E-state index in [1.165, 1.54) is 0 Å². The van der Waals surface area contributed by atoms with Gasteiger partial charge in [0.2, 0.25) is 5.91 Å². The lowest BCUT2D eigenvalue weighted by atomic mass is 9.79. The first-order valence-corrected chi connectivity index (χ1v) is 8.79. The molecule has 2 aliphatic heterocycles. The minimum atomic E-state index is -0.235. The van der Waals surface area contributed by atoms with E-state index >= 15 is 0 Å². The fraction of sp³-hybridized carbons (Fsp3) is 0.579. The van der Waals surface area contributed by atoms with Crippen molar-refractivity contribution in [3.8, 4) is 0 Å². The van der Waals surface area contributed by atoms with Gasteiger partial charge in [-0.1, -0.05) is 37.3 Å². The zero-order valence-electron chi connectivity index (χ0n) is 14.3. The number of benzene rings is 1. The molecule has 0 bridgehead atoms. The second kappa shape index (κ2) is 7.34. The summed E-state index contributed by atoms with van der Waals surface area (Å²) in [5, 5.41) is 0. The molecule has 0 unspecified atom stereocenters. The highest BCUT2D eigenvalue weighted by Crippen LogP contribution is 2.43. The molecule has 5 heteroatoms. The number of hydrogen-bond donors (Lipinski definition) is 0. The van der Waals surface area contributed by atoms with Crippen molar-refractivity contribution < 1.29 is 19.1 Å². The van der Waals surface area contributed by atoms with Crippen LogP contribution in [0.5, 0.6) is 0 Å². The Hall–Kier alpha value is -1.88. The van der Waals surface area contributed by atoms with E-state index in [0.717, 1.165) is 12.0 Å². The molecular weight excluding hydrogens is 306 g/mol. The third-order valence-electron chi connectivity index (χ3n) is 5.12. The molecule has 2 heterocycles. The molecule has 24 heavy (non-hydrogen) atoms. The number of piperidine rings is 1. The summed E-state index contributed by atoms with van der Waals surface area (Å²) < 4.78 is 11.1. The maximum atomic E-state index is 12.8. The molecule has 3 rings (SSSR count). The molecule has 0 aromatic heterocycles. The quantitative estimate of drug-likeness (QED) is 0.779. The first-order valence-electron chi connectivity index (χ1n) is 8.79. The lowest BCUT2D eigenvalue weighted by Gasteiger charge is -2.41. The third-order valence-corrected chi connectivity index (χ3v) is 5.12. The van der Waals surface area contributed by atoms with Gasteiger partial charge < -0.3 is 14.4 Å². The molecule has 4 atom stereocenters. The van der Waals surface area contributed by atoms with E-state index < -0.39 is 0 Å². The summed E-state index contributed by atoms with van der Waals surface area (Å²) in [5.74, 6) is 0.0169. The lowest BCUT2D eigenvalue weighted by molar-refractivity contribution is -0.157. The Morgan fingerprint density at radius 1 is 1.29 bits per heavy atom. The van der Waals surface area contributed by atoms with Gasteiger partial charge in [0.1, 0.15) is 6.23 Å². The van der Waals surface area contributed by atoms with Crippen molar-refractivity contribution in [3.05, 3.63) is 35.9 Å². The van der Waals surface area contributed by atoms with Crippen LogP contribution in [0, 0.1) is 11.8 Å². The van der Waals surface area contributed by atoms with Gasteiger partial charge in [-0.05, 0) is 24.8 Å². The summed E-state index contributed by atoms with van der Waals surface area (Å²) in [6.07, 6.45) is 1.32. The average Bonchev–Trinajstić information content (AvgIpc) is 3.02. The number of ether oxygens (including phenoxy) is 2. The molecule has 2 saturated heterocycles. The Balaban J connectivity index is 1.78. The highest BCUT2D eigenvalue weighted by atomic mass is 16.5. The van der Waals surface area contributed by atoms with Gasteiger partial charge in [-0.3, -0.25) is 9.59 Å². The van der Waals surface area contributed by atoms with Gasteiger partial charge >= 0.3 is 5.97 Å². The lowest BCUT2D eigenvalue weighted by Crippen LogP contribution is -2.50. The van der Waals surface area contributed by atoms with Crippen molar-refractivity contribution in [3.63, 3.8) is 0 Å². The number of hydrogen-bond acceptors (Lipinski definition) is 4. The standard InChI is InChI=1S/C19H25NO4/c1-3-15-14(11-18(22)23-4-2)10-17(21)20-16(12-24-19(15)20)13-8-6-5-7-9-13/h5-9,14-16,19H,3-4,10-12H2,1-2H3/t14-,15-,16-,19+/m0/s1. The topological polar surface area (TPSA) is 55.8 Å². The molecule has 0 saturated carbocycles. The maximum absolute atomic E-state index is 12.8. The summed E-state index contributed by atoms with van der Waals surface area (Å²) in [5.41, 5.74) is 1.10. The highest BCUT2D eigenvalue weighted by molar-refractivity contribution is 5.80. The van der Waals surface area contributed by atoms with Crippen LogP contribution in [0.3, 0.4) is 0 Å². The molecule has 1 amide bonds. The van der Waals surface area contributed by atoms with Gasteiger partial charge in [0, 0.05) is 18.8 Å². The number of amides is 1. The van der Waals surface area contributed by atoms with E-state index in [4.69, 9.17) is 9.47 Å². The minimum absolute atomic E-state index is 0.00248. The van der Waals surface area contributed by atoms with Gasteiger partial charge in [-0.2, -0.15) is 0 Å². The van der Waals surface area contributed by atoms with Crippen LogP contribution in [-0.2, 0) is 19.1 Å². The Labute approximate surface area is 142 Å². The van der Waals surface area contributed by atoms with Crippen molar-refractivity contribution in [2.45, 2.75) is 45.4 Å². The normalized spacial score (nSPS) is 29.4. The fourth-order valence-electron chi connectivity index (χ4n) is 4.01. The monoisotopic (exact) mass is 331 g/mol. The van der Waals surface area contributed by atoms with Crippen molar-refractivity contribution in [1.82, 2.24) is 4.90 Å². The van der Waals surface area contributed by atoms with Gasteiger partial charge in [0.05, 0.1) is 19.3 Å². The molecule has 1 aromatic carbocycles. The minimum Gasteiger partial charge on any atom is -0.466 e. The molecule has 0 aliphatic carbocycles. The van der Waals surface area contributed by atoms with Gasteiger partial charge in [0.25, 0.3) is 0 Å². The van der Waals surface area contributed by atoms with Crippen LogP contribution < -0.4 is 0 Å². The smallest absolute Gasteiger partial charge is 0.306 e. The summed E-state index contributed by atoms with van der Waals surface area (Å²) in [4.78, 5) is 26.5. The summed E-state index contributed by atoms with van der Waals surface area (Å²) in [6.45, 7) is 4.78. The van der Waals surface area contributed by atoms with Crippen molar-refractivity contribution in [2.24, 2.45) is 11.8 Å². The molecule has 1 aromatic rings. The maximum Gasteiger partial charge on any atom is 0.306 e. The van der Waals surface area contributed by atoms with E-state index in [1.54, 1.807) is 6.92 Å². The van der Waals surface area contributed by atoms with Crippen LogP contribution in [0.25, 0.3) is 0 Å². The predicted octanol–water partition coefficient (Wildman–Crippen LogP) is 2.91. The van der Waals surface area contributed by atoms with Crippen LogP contribution in [0.2, 0.25) is 0 Å². The number of carbonyl (C=O) groups excluding carboxylic acids is 2. The fourth-order valence-corrected chi connectivity index (χ4v) is 4.01. The van der Waals surface area contributed by atoms with Crippen LogP contribution in [-0.4, -0.2) is 36.2 Å². The second-order valence-corrected chi connectivity index (χ2v) is 6.50. The first-order chi connectivity index (χ1) is 11.7. The van der Waals surface area contributed by atoms with Crippen LogP contribution >= 0.6 is 0 Å². The molecular formula is C19H25NO4. The largest absolute Gasteiger partial charge is 0.466 e. The SMILES string of the molecule is CCOC(=O)C[C@@H]1CC(=O)N2[C@H](OC[C@H]2c2ccccc2)[C@H]1CC. The molecule has 5 nitrogen and oxygen atoms in total. The zero-order chi connectivity index (χ0) is 17.1. The molecule has 0 N–H and O–H groups in total.